The maximum atomic E-state index is 6.11. The molecule has 1 saturated heterocycles. The number of nitrogens with one attached hydrogen (secondary N) is 2. The predicted octanol–water partition coefficient (Wildman–Crippen LogP) is 2.29. The van der Waals surface area contributed by atoms with Gasteiger partial charge in [0.2, 0.25) is 0 Å². The lowest BCUT2D eigenvalue weighted by Gasteiger charge is -2.26. The molecular weight excluding hydrogens is 329 g/mol. The third-order valence-electron chi connectivity index (χ3n) is 3.27. The van der Waals surface area contributed by atoms with Crippen molar-refractivity contribution in [1.29, 1.82) is 0 Å². The number of thiocarbonyl (C=S) groups is 1. The van der Waals surface area contributed by atoms with Crippen LogP contribution >= 0.6 is 35.4 Å². The second-order valence-corrected chi connectivity index (χ2v) is 6.05. The average molecular weight is 348 g/mol. The van der Waals surface area contributed by atoms with Crippen LogP contribution in [0.2, 0.25) is 10.0 Å². The quantitative estimate of drug-likeness (QED) is 0.799. The van der Waals surface area contributed by atoms with Gasteiger partial charge >= 0.3 is 0 Å². The van der Waals surface area contributed by atoms with Crippen molar-refractivity contribution in [2.45, 2.75) is 6.54 Å². The van der Waals surface area contributed by atoms with E-state index in [-0.39, 0.29) is 0 Å². The zero-order chi connectivity index (χ0) is 15.1. The molecule has 1 aromatic rings. The first kappa shape index (κ1) is 16.8. The van der Waals surface area contributed by atoms with Crippen molar-refractivity contribution in [2.75, 3.05) is 39.4 Å². The molecule has 1 aliphatic rings. The van der Waals surface area contributed by atoms with Gasteiger partial charge in [-0.05, 0) is 29.9 Å². The highest BCUT2D eigenvalue weighted by Crippen LogP contribution is 2.20. The van der Waals surface area contributed by atoms with Crippen molar-refractivity contribution >= 4 is 40.5 Å². The Labute approximate surface area is 140 Å². The van der Waals surface area contributed by atoms with Crippen LogP contribution in [0.1, 0.15) is 5.56 Å². The van der Waals surface area contributed by atoms with Gasteiger partial charge in [-0.15, -0.1) is 0 Å². The van der Waals surface area contributed by atoms with E-state index in [0.717, 1.165) is 45.0 Å². The molecule has 0 unspecified atom stereocenters. The van der Waals surface area contributed by atoms with Crippen molar-refractivity contribution in [3.8, 4) is 0 Å². The number of benzene rings is 1. The van der Waals surface area contributed by atoms with Gasteiger partial charge in [0.15, 0.2) is 5.11 Å². The summed E-state index contributed by atoms with van der Waals surface area (Å²) in [5.74, 6) is 0. The van der Waals surface area contributed by atoms with Crippen molar-refractivity contribution in [3.05, 3.63) is 33.8 Å². The number of nitrogens with zero attached hydrogens (tertiary/aromatic N) is 1. The molecule has 7 heteroatoms. The van der Waals surface area contributed by atoms with E-state index in [1.165, 1.54) is 0 Å². The van der Waals surface area contributed by atoms with Crippen LogP contribution < -0.4 is 10.6 Å². The molecule has 0 spiro atoms. The van der Waals surface area contributed by atoms with Crippen molar-refractivity contribution in [3.63, 3.8) is 0 Å². The predicted molar refractivity (Wildman–Crippen MR) is 91.2 cm³/mol. The summed E-state index contributed by atoms with van der Waals surface area (Å²) in [4.78, 5) is 2.36. The molecule has 1 fully saturated rings. The second-order valence-electron chi connectivity index (χ2n) is 4.80. The Hall–Kier alpha value is -0.590. The van der Waals surface area contributed by atoms with Gasteiger partial charge in [-0.2, -0.15) is 0 Å². The summed E-state index contributed by atoms with van der Waals surface area (Å²) in [5, 5.41) is 8.26. The molecule has 1 aliphatic heterocycles. The fourth-order valence-corrected chi connectivity index (χ4v) is 2.70. The molecular formula is C14H19Cl2N3OS. The Bertz CT molecular complexity index is 481. The fraction of sp³-hybridized carbons (Fsp3) is 0.500. The smallest absolute Gasteiger partial charge is 0.166 e. The Morgan fingerprint density at radius 3 is 2.71 bits per heavy atom. The minimum atomic E-state index is 0.583. The summed E-state index contributed by atoms with van der Waals surface area (Å²) in [6.07, 6.45) is 0. The number of ether oxygens (including phenoxy) is 1. The molecule has 0 aromatic heterocycles. The van der Waals surface area contributed by atoms with E-state index in [1.54, 1.807) is 6.07 Å². The minimum Gasteiger partial charge on any atom is -0.379 e. The van der Waals surface area contributed by atoms with Gasteiger partial charge in [-0.3, -0.25) is 4.90 Å². The Kier molecular flexibility index (Phi) is 6.99. The molecule has 0 radical (unpaired) electrons. The number of halogens is 2. The largest absolute Gasteiger partial charge is 0.379 e. The lowest BCUT2D eigenvalue weighted by molar-refractivity contribution is 0.0389. The van der Waals surface area contributed by atoms with Crippen LogP contribution in [0.5, 0.6) is 0 Å². The van der Waals surface area contributed by atoms with Gasteiger partial charge in [-0.1, -0.05) is 29.3 Å². The Morgan fingerprint density at radius 2 is 2.00 bits per heavy atom. The summed E-state index contributed by atoms with van der Waals surface area (Å²) >= 11 is 17.2. The Balaban J connectivity index is 1.65. The van der Waals surface area contributed by atoms with Crippen molar-refractivity contribution in [2.24, 2.45) is 0 Å². The van der Waals surface area contributed by atoms with Gasteiger partial charge in [0, 0.05) is 42.8 Å². The lowest BCUT2D eigenvalue weighted by Crippen LogP contribution is -2.43. The summed E-state index contributed by atoms with van der Waals surface area (Å²) in [6, 6.07) is 5.45. The molecule has 0 saturated carbocycles. The average Bonchev–Trinajstić information content (AvgIpc) is 2.47. The highest BCUT2D eigenvalue weighted by molar-refractivity contribution is 7.80. The topological polar surface area (TPSA) is 36.5 Å². The number of hydrogen-bond acceptors (Lipinski definition) is 3. The molecule has 2 N–H and O–H groups in total. The SMILES string of the molecule is S=C(NCCN1CCOCC1)NCc1ccc(Cl)cc1Cl. The monoisotopic (exact) mass is 347 g/mol. The van der Waals surface area contributed by atoms with Crippen LogP contribution in [-0.2, 0) is 11.3 Å². The van der Waals surface area contributed by atoms with Gasteiger partial charge < -0.3 is 15.4 Å². The van der Waals surface area contributed by atoms with Crippen molar-refractivity contribution in [1.82, 2.24) is 15.5 Å². The first-order chi connectivity index (χ1) is 10.1. The summed E-state index contributed by atoms with van der Waals surface area (Å²) in [6.45, 7) is 5.98. The number of hydrogen-bond donors (Lipinski definition) is 2. The molecule has 4 nitrogen and oxygen atoms in total. The van der Waals surface area contributed by atoms with E-state index >= 15 is 0 Å². The lowest BCUT2D eigenvalue weighted by atomic mass is 10.2. The molecule has 0 bridgehead atoms. The Morgan fingerprint density at radius 1 is 1.24 bits per heavy atom. The zero-order valence-corrected chi connectivity index (χ0v) is 14.0. The van der Waals surface area contributed by atoms with E-state index in [0.29, 0.717) is 21.7 Å². The maximum absolute atomic E-state index is 6.11. The van der Waals surface area contributed by atoms with Crippen LogP contribution in [0.4, 0.5) is 0 Å². The number of rotatable bonds is 5. The molecule has 2 rings (SSSR count). The number of morpholine rings is 1. The molecule has 0 aliphatic carbocycles. The zero-order valence-electron chi connectivity index (χ0n) is 11.7. The highest BCUT2D eigenvalue weighted by Gasteiger charge is 2.09. The minimum absolute atomic E-state index is 0.583. The molecule has 1 aromatic carbocycles. The molecule has 21 heavy (non-hydrogen) atoms. The molecule has 0 amide bonds. The third kappa shape index (κ3) is 5.96. The third-order valence-corrected chi connectivity index (χ3v) is 4.15. The molecule has 1 heterocycles. The summed E-state index contributed by atoms with van der Waals surface area (Å²) in [5.41, 5.74) is 0.971. The van der Waals surface area contributed by atoms with Crippen molar-refractivity contribution < 1.29 is 4.74 Å². The first-order valence-electron chi connectivity index (χ1n) is 6.91. The summed E-state index contributed by atoms with van der Waals surface area (Å²) in [7, 11) is 0. The standard InChI is InChI=1S/C14H19Cl2N3OS/c15-12-2-1-11(13(16)9-12)10-18-14(21)17-3-4-19-5-7-20-8-6-19/h1-2,9H,3-8,10H2,(H2,17,18,21). The van der Waals surface area contributed by atoms with E-state index in [9.17, 15) is 0 Å². The van der Waals surface area contributed by atoms with Crippen LogP contribution in [0.25, 0.3) is 0 Å². The molecule has 116 valence electrons. The van der Waals surface area contributed by atoms with Gasteiger partial charge in [0.25, 0.3) is 0 Å². The van der Waals surface area contributed by atoms with Crippen LogP contribution in [0.15, 0.2) is 18.2 Å². The highest BCUT2D eigenvalue weighted by atomic mass is 35.5. The van der Waals surface area contributed by atoms with E-state index in [4.69, 9.17) is 40.2 Å². The summed E-state index contributed by atoms with van der Waals surface area (Å²) < 4.78 is 5.31. The normalized spacial score (nSPS) is 15.7. The second kappa shape index (κ2) is 8.76. The van der Waals surface area contributed by atoms with E-state index < -0.39 is 0 Å². The fourth-order valence-electron chi connectivity index (χ4n) is 2.06. The van der Waals surface area contributed by atoms with Gasteiger partial charge in [0.05, 0.1) is 13.2 Å². The van der Waals surface area contributed by atoms with Crippen LogP contribution in [0.3, 0.4) is 0 Å². The van der Waals surface area contributed by atoms with Crippen LogP contribution in [0, 0.1) is 0 Å². The maximum Gasteiger partial charge on any atom is 0.166 e. The van der Waals surface area contributed by atoms with Crippen LogP contribution in [-0.4, -0.2) is 49.4 Å². The molecule has 0 atom stereocenters. The van der Waals surface area contributed by atoms with Gasteiger partial charge in [-0.25, -0.2) is 0 Å². The van der Waals surface area contributed by atoms with E-state index in [1.807, 2.05) is 12.1 Å². The van der Waals surface area contributed by atoms with E-state index in [2.05, 4.69) is 15.5 Å². The van der Waals surface area contributed by atoms with Gasteiger partial charge in [0.1, 0.15) is 0 Å². The first-order valence-corrected chi connectivity index (χ1v) is 8.07.